The summed E-state index contributed by atoms with van der Waals surface area (Å²) < 4.78 is 10.8. The third-order valence-electron chi connectivity index (χ3n) is 4.74. The molecule has 0 atom stereocenters. The summed E-state index contributed by atoms with van der Waals surface area (Å²) in [5, 5.41) is 2.76. The van der Waals surface area contributed by atoms with Gasteiger partial charge >= 0.3 is 5.97 Å². The average Bonchev–Trinajstić information content (AvgIpc) is 2.79. The highest BCUT2D eigenvalue weighted by Crippen LogP contribution is 2.22. The number of nitrogens with one attached hydrogen (secondary N) is 1. The quantitative estimate of drug-likeness (QED) is 0.362. The maximum Gasteiger partial charge on any atom is 0.338 e. The van der Waals surface area contributed by atoms with Gasteiger partial charge < -0.3 is 14.8 Å². The van der Waals surface area contributed by atoms with Crippen LogP contribution in [0.3, 0.4) is 0 Å². The fourth-order valence-electron chi connectivity index (χ4n) is 2.92. The molecule has 0 saturated heterocycles. The van der Waals surface area contributed by atoms with E-state index in [0.29, 0.717) is 23.6 Å². The minimum Gasteiger partial charge on any atom is -0.484 e. The van der Waals surface area contributed by atoms with E-state index in [0.717, 1.165) is 24.0 Å². The van der Waals surface area contributed by atoms with Gasteiger partial charge in [-0.2, -0.15) is 0 Å². The van der Waals surface area contributed by atoms with E-state index in [1.807, 2.05) is 31.2 Å². The van der Waals surface area contributed by atoms with Crippen molar-refractivity contribution in [2.45, 2.75) is 26.7 Å². The highest BCUT2D eigenvalue weighted by molar-refractivity contribution is 5.93. The first kappa shape index (κ1) is 22.1. The molecule has 0 heterocycles. The summed E-state index contributed by atoms with van der Waals surface area (Å²) in [5.74, 6) is -0.0131. The number of benzene rings is 3. The molecule has 5 heteroatoms. The normalized spacial score (nSPS) is 10.4. The molecule has 1 N–H and O–H groups in total. The summed E-state index contributed by atoms with van der Waals surface area (Å²) in [6, 6.07) is 22.6. The molecule has 160 valence electrons. The third-order valence-corrected chi connectivity index (χ3v) is 4.74. The van der Waals surface area contributed by atoms with Crippen molar-refractivity contribution < 1.29 is 19.1 Å². The van der Waals surface area contributed by atoms with Crippen LogP contribution in [-0.2, 0) is 9.53 Å². The molecule has 0 radical (unpaired) electrons. The summed E-state index contributed by atoms with van der Waals surface area (Å²) in [7, 11) is 0. The number of anilines is 1. The van der Waals surface area contributed by atoms with Crippen LogP contribution in [0.5, 0.6) is 5.75 Å². The van der Waals surface area contributed by atoms with Crippen LogP contribution in [0.15, 0.2) is 72.8 Å². The van der Waals surface area contributed by atoms with Crippen molar-refractivity contribution >= 4 is 17.6 Å². The number of amides is 1. The zero-order valence-corrected chi connectivity index (χ0v) is 17.9. The van der Waals surface area contributed by atoms with E-state index in [2.05, 4.69) is 36.5 Å². The lowest BCUT2D eigenvalue weighted by Gasteiger charge is -2.09. The number of aryl methyl sites for hydroxylation is 1. The van der Waals surface area contributed by atoms with Crippen LogP contribution >= 0.6 is 0 Å². The summed E-state index contributed by atoms with van der Waals surface area (Å²) in [4.78, 5) is 24.1. The molecule has 0 aliphatic rings. The molecule has 0 bridgehead atoms. The van der Waals surface area contributed by atoms with Gasteiger partial charge in [0, 0.05) is 5.69 Å². The zero-order chi connectivity index (χ0) is 22.1. The summed E-state index contributed by atoms with van der Waals surface area (Å²) in [5.41, 5.74) is 4.49. The second-order valence-electron chi connectivity index (χ2n) is 7.29. The molecule has 5 nitrogen and oxygen atoms in total. The Morgan fingerprint density at radius 2 is 1.45 bits per heavy atom. The van der Waals surface area contributed by atoms with Crippen molar-refractivity contribution in [2.75, 3.05) is 18.5 Å². The van der Waals surface area contributed by atoms with Crippen LogP contribution < -0.4 is 10.1 Å². The molecule has 31 heavy (non-hydrogen) atoms. The van der Waals surface area contributed by atoms with Gasteiger partial charge in [-0.25, -0.2) is 4.79 Å². The predicted octanol–water partition coefficient (Wildman–Crippen LogP) is 5.64. The van der Waals surface area contributed by atoms with E-state index in [9.17, 15) is 9.59 Å². The molecule has 0 aliphatic carbocycles. The minimum atomic E-state index is -0.358. The van der Waals surface area contributed by atoms with E-state index in [1.165, 1.54) is 5.56 Å². The standard InChI is InChI=1S/C26H27NO4/c1-3-4-17-30-26(29)22-9-13-23(14-10-22)27-25(28)18-31-24-15-11-21(12-16-24)20-7-5-19(2)6-8-20/h5-16H,3-4,17-18H2,1-2H3,(H,27,28). The SMILES string of the molecule is CCCCOC(=O)c1ccc(NC(=O)COc2ccc(-c3ccc(C)cc3)cc2)cc1. The van der Waals surface area contributed by atoms with Crippen molar-refractivity contribution in [3.63, 3.8) is 0 Å². The van der Waals surface area contributed by atoms with Crippen LogP contribution in [0, 0.1) is 6.92 Å². The Hall–Kier alpha value is -3.60. The van der Waals surface area contributed by atoms with Gasteiger partial charge in [0.05, 0.1) is 12.2 Å². The van der Waals surface area contributed by atoms with E-state index < -0.39 is 0 Å². The van der Waals surface area contributed by atoms with Gasteiger partial charge in [-0.05, 0) is 60.9 Å². The smallest absolute Gasteiger partial charge is 0.338 e. The Labute approximate surface area is 183 Å². The lowest BCUT2D eigenvalue weighted by Crippen LogP contribution is -2.20. The van der Waals surface area contributed by atoms with Crippen LogP contribution in [0.1, 0.15) is 35.7 Å². The number of hydrogen-bond donors (Lipinski definition) is 1. The number of ether oxygens (including phenoxy) is 2. The fraction of sp³-hybridized carbons (Fsp3) is 0.231. The van der Waals surface area contributed by atoms with Crippen molar-refractivity contribution in [1.29, 1.82) is 0 Å². The first-order chi connectivity index (χ1) is 15.0. The number of hydrogen-bond acceptors (Lipinski definition) is 4. The third kappa shape index (κ3) is 6.71. The Bertz CT molecular complexity index is 993. The van der Waals surface area contributed by atoms with Crippen molar-refractivity contribution in [3.8, 4) is 16.9 Å². The van der Waals surface area contributed by atoms with Gasteiger partial charge in [0.1, 0.15) is 5.75 Å². The van der Waals surface area contributed by atoms with E-state index in [1.54, 1.807) is 24.3 Å². The highest BCUT2D eigenvalue weighted by atomic mass is 16.5. The highest BCUT2D eigenvalue weighted by Gasteiger charge is 2.08. The van der Waals surface area contributed by atoms with Crippen LogP contribution in [0.25, 0.3) is 11.1 Å². The second-order valence-corrected chi connectivity index (χ2v) is 7.29. The largest absolute Gasteiger partial charge is 0.484 e. The van der Waals surface area contributed by atoms with Crippen molar-refractivity contribution in [3.05, 3.63) is 83.9 Å². The Morgan fingerprint density at radius 1 is 0.839 bits per heavy atom. The van der Waals surface area contributed by atoms with E-state index >= 15 is 0 Å². The average molecular weight is 418 g/mol. The van der Waals surface area contributed by atoms with Crippen molar-refractivity contribution in [2.24, 2.45) is 0 Å². The Morgan fingerprint density at radius 3 is 2.06 bits per heavy atom. The maximum absolute atomic E-state index is 12.2. The van der Waals surface area contributed by atoms with Gasteiger partial charge in [0.15, 0.2) is 6.61 Å². The second kappa shape index (κ2) is 11.0. The lowest BCUT2D eigenvalue weighted by atomic mass is 10.0. The number of unbranched alkanes of at least 4 members (excludes halogenated alkanes) is 1. The molecule has 0 saturated carbocycles. The number of carbonyl (C=O) groups excluding carboxylic acids is 2. The molecule has 0 aliphatic heterocycles. The van der Waals surface area contributed by atoms with E-state index in [4.69, 9.17) is 9.47 Å². The van der Waals surface area contributed by atoms with Gasteiger partial charge in [-0.3, -0.25) is 4.79 Å². The molecule has 3 aromatic carbocycles. The maximum atomic E-state index is 12.2. The van der Waals surface area contributed by atoms with Gasteiger partial charge in [0.2, 0.25) is 0 Å². The molecule has 1 amide bonds. The Kier molecular flexibility index (Phi) is 7.82. The van der Waals surface area contributed by atoms with E-state index in [-0.39, 0.29) is 18.5 Å². The molecule has 0 aromatic heterocycles. The molecular weight excluding hydrogens is 390 g/mol. The molecule has 0 spiro atoms. The minimum absolute atomic E-state index is 0.106. The molecular formula is C26H27NO4. The van der Waals surface area contributed by atoms with Crippen LogP contribution in [0.4, 0.5) is 5.69 Å². The first-order valence-corrected chi connectivity index (χ1v) is 10.4. The van der Waals surface area contributed by atoms with Gasteiger partial charge in [0.25, 0.3) is 5.91 Å². The summed E-state index contributed by atoms with van der Waals surface area (Å²) in [6.07, 6.45) is 1.81. The number of rotatable bonds is 9. The van der Waals surface area contributed by atoms with Crippen LogP contribution in [0.2, 0.25) is 0 Å². The molecule has 3 rings (SSSR count). The zero-order valence-electron chi connectivity index (χ0n) is 17.9. The number of carbonyl (C=O) groups is 2. The summed E-state index contributed by atoms with van der Waals surface area (Å²) in [6.45, 7) is 4.40. The predicted molar refractivity (Wildman–Crippen MR) is 122 cm³/mol. The number of esters is 1. The van der Waals surface area contributed by atoms with Gasteiger partial charge in [-0.15, -0.1) is 0 Å². The van der Waals surface area contributed by atoms with Gasteiger partial charge in [-0.1, -0.05) is 55.3 Å². The monoisotopic (exact) mass is 417 g/mol. The topological polar surface area (TPSA) is 64.6 Å². The molecule has 3 aromatic rings. The Balaban J connectivity index is 1.47. The first-order valence-electron chi connectivity index (χ1n) is 10.4. The molecule has 0 fully saturated rings. The van der Waals surface area contributed by atoms with Crippen molar-refractivity contribution in [1.82, 2.24) is 0 Å². The summed E-state index contributed by atoms with van der Waals surface area (Å²) >= 11 is 0. The lowest BCUT2D eigenvalue weighted by molar-refractivity contribution is -0.118. The fourth-order valence-corrected chi connectivity index (χ4v) is 2.92. The molecule has 0 unspecified atom stereocenters. The van der Waals surface area contributed by atoms with Crippen LogP contribution in [-0.4, -0.2) is 25.1 Å².